The summed E-state index contributed by atoms with van der Waals surface area (Å²) in [6.45, 7) is 0. The van der Waals surface area contributed by atoms with Crippen LogP contribution in [0.25, 0.3) is 0 Å². The molecule has 114 valence electrons. The predicted molar refractivity (Wildman–Crippen MR) is 83.0 cm³/mol. The molecule has 5 nitrogen and oxygen atoms in total. The number of carbonyl (C=O) groups excluding carboxylic acids is 1. The van der Waals surface area contributed by atoms with Gasteiger partial charge in [0.05, 0.1) is 11.7 Å². The number of hydrogen-bond acceptors (Lipinski definition) is 5. The van der Waals surface area contributed by atoms with Crippen molar-refractivity contribution in [3.63, 3.8) is 0 Å². The number of rotatable bonds is 3. The molecule has 4 heterocycles. The van der Waals surface area contributed by atoms with Crippen LogP contribution in [0.2, 0.25) is 0 Å². The molecule has 22 heavy (non-hydrogen) atoms. The Morgan fingerprint density at radius 3 is 2.77 bits per heavy atom. The molecule has 2 saturated heterocycles. The SMILES string of the molecule is O=C(c1cscn1)N1C2CCC1CC(Oc1cccnc1)C2. The molecule has 2 aromatic rings. The van der Waals surface area contributed by atoms with Crippen molar-refractivity contribution in [2.75, 3.05) is 0 Å². The van der Waals surface area contributed by atoms with Gasteiger partial charge in [-0.25, -0.2) is 4.98 Å². The number of hydrogen-bond donors (Lipinski definition) is 0. The van der Waals surface area contributed by atoms with Crippen molar-refractivity contribution < 1.29 is 9.53 Å². The summed E-state index contributed by atoms with van der Waals surface area (Å²) in [6, 6.07) is 4.36. The Hall–Kier alpha value is -1.95. The molecule has 2 fully saturated rings. The second-order valence-electron chi connectivity index (χ2n) is 5.87. The van der Waals surface area contributed by atoms with E-state index in [4.69, 9.17) is 4.74 Å². The third kappa shape index (κ3) is 2.47. The highest BCUT2D eigenvalue weighted by molar-refractivity contribution is 7.07. The molecule has 2 aliphatic heterocycles. The summed E-state index contributed by atoms with van der Waals surface area (Å²) in [4.78, 5) is 22.9. The summed E-state index contributed by atoms with van der Waals surface area (Å²) in [5, 5.41) is 1.83. The summed E-state index contributed by atoms with van der Waals surface area (Å²) in [6.07, 6.45) is 7.56. The van der Waals surface area contributed by atoms with Crippen molar-refractivity contribution >= 4 is 17.2 Å². The molecular weight excluding hydrogens is 298 g/mol. The molecule has 2 aromatic heterocycles. The van der Waals surface area contributed by atoms with Crippen molar-refractivity contribution in [2.45, 2.75) is 43.9 Å². The number of amides is 1. The van der Waals surface area contributed by atoms with Crippen LogP contribution in [-0.4, -0.2) is 39.0 Å². The Labute approximate surface area is 133 Å². The topological polar surface area (TPSA) is 55.3 Å². The van der Waals surface area contributed by atoms with Crippen LogP contribution in [0.3, 0.4) is 0 Å². The number of nitrogens with zero attached hydrogens (tertiary/aromatic N) is 3. The van der Waals surface area contributed by atoms with E-state index in [0.29, 0.717) is 5.69 Å². The maximum Gasteiger partial charge on any atom is 0.273 e. The zero-order chi connectivity index (χ0) is 14.9. The van der Waals surface area contributed by atoms with Crippen molar-refractivity contribution in [1.29, 1.82) is 0 Å². The Morgan fingerprint density at radius 1 is 1.32 bits per heavy atom. The third-order valence-corrected chi connectivity index (χ3v) is 5.10. The van der Waals surface area contributed by atoms with E-state index in [1.165, 1.54) is 11.3 Å². The highest BCUT2D eigenvalue weighted by Crippen LogP contribution is 2.38. The smallest absolute Gasteiger partial charge is 0.273 e. The van der Waals surface area contributed by atoms with Gasteiger partial charge in [-0.05, 0) is 25.0 Å². The molecule has 0 spiro atoms. The summed E-state index contributed by atoms with van der Waals surface area (Å²) in [5.74, 6) is 0.889. The van der Waals surface area contributed by atoms with Gasteiger partial charge in [0.25, 0.3) is 5.91 Å². The highest BCUT2D eigenvalue weighted by Gasteiger charge is 2.44. The Morgan fingerprint density at radius 2 is 2.14 bits per heavy atom. The molecule has 0 saturated carbocycles. The average molecular weight is 315 g/mol. The second kappa shape index (κ2) is 5.68. The molecule has 0 N–H and O–H groups in total. The number of carbonyl (C=O) groups is 1. The van der Waals surface area contributed by atoms with Gasteiger partial charge in [-0.3, -0.25) is 9.78 Å². The monoisotopic (exact) mass is 315 g/mol. The van der Waals surface area contributed by atoms with E-state index < -0.39 is 0 Å². The maximum absolute atomic E-state index is 12.6. The molecule has 2 atom stereocenters. The number of ether oxygens (including phenoxy) is 1. The summed E-state index contributed by atoms with van der Waals surface area (Å²) in [7, 11) is 0. The molecule has 0 aromatic carbocycles. The Bertz CT molecular complexity index is 633. The van der Waals surface area contributed by atoms with Crippen molar-refractivity contribution in [2.24, 2.45) is 0 Å². The van der Waals surface area contributed by atoms with Gasteiger partial charge in [-0.1, -0.05) is 0 Å². The van der Waals surface area contributed by atoms with E-state index in [2.05, 4.69) is 9.97 Å². The van der Waals surface area contributed by atoms with Gasteiger partial charge < -0.3 is 9.64 Å². The maximum atomic E-state index is 12.6. The molecule has 2 unspecified atom stereocenters. The van der Waals surface area contributed by atoms with Crippen LogP contribution in [0, 0.1) is 0 Å². The van der Waals surface area contributed by atoms with Gasteiger partial charge in [0.15, 0.2) is 0 Å². The lowest BCUT2D eigenvalue weighted by molar-refractivity contribution is 0.0354. The molecule has 2 aliphatic rings. The molecule has 6 heteroatoms. The fourth-order valence-corrected chi connectivity index (χ4v) is 4.14. The van der Waals surface area contributed by atoms with E-state index in [1.54, 1.807) is 17.9 Å². The lowest BCUT2D eigenvalue weighted by Crippen LogP contribution is -2.49. The van der Waals surface area contributed by atoms with E-state index >= 15 is 0 Å². The number of thiazole rings is 1. The number of piperidine rings is 1. The van der Waals surface area contributed by atoms with Crippen LogP contribution < -0.4 is 4.74 Å². The Kier molecular flexibility index (Phi) is 3.54. The van der Waals surface area contributed by atoms with Crippen LogP contribution in [0.5, 0.6) is 5.75 Å². The Balaban J connectivity index is 1.47. The zero-order valence-corrected chi connectivity index (χ0v) is 12.9. The lowest BCUT2D eigenvalue weighted by Gasteiger charge is -2.38. The van der Waals surface area contributed by atoms with E-state index in [-0.39, 0.29) is 24.1 Å². The molecule has 4 rings (SSSR count). The first-order chi connectivity index (χ1) is 10.8. The molecule has 0 radical (unpaired) electrons. The number of aromatic nitrogens is 2. The van der Waals surface area contributed by atoms with Gasteiger partial charge in [-0.15, -0.1) is 11.3 Å². The third-order valence-electron chi connectivity index (χ3n) is 4.51. The van der Waals surface area contributed by atoms with Gasteiger partial charge in [0, 0.05) is 36.5 Å². The van der Waals surface area contributed by atoms with Crippen LogP contribution in [-0.2, 0) is 0 Å². The first-order valence-corrected chi connectivity index (χ1v) is 8.53. The molecular formula is C16H17N3O2S. The van der Waals surface area contributed by atoms with Gasteiger partial charge in [-0.2, -0.15) is 0 Å². The van der Waals surface area contributed by atoms with Crippen LogP contribution >= 0.6 is 11.3 Å². The molecule has 2 bridgehead atoms. The van der Waals surface area contributed by atoms with Gasteiger partial charge in [0.2, 0.25) is 0 Å². The highest BCUT2D eigenvalue weighted by atomic mass is 32.1. The summed E-state index contributed by atoms with van der Waals surface area (Å²) >= 11 is 1.47. The van der Waals surface area contributed by atoms with Crippen molar-refractivity contribution in [3.05, 3.63) is 41.1 Å². The number of fused-ring (bicyclic) bond motifs is 2. The van der Waals surface area contributed by atoms with Crippen LogP contribution in [0.4, 0.5) is 0 Å². The van der Waals surface area contributed by atoms with Crippen molar-refractivity contribution in [3.8, 4) is 5.75 Å². The summed E-state index contributed by atoms with van der Waals surface area (Å²) in [5.41, 5.74) is 2.29. The standard InChI is InChI=1S/C16H17N3O2S/c20-16(15-9-22-10-18-15)19-11-3-4-12(19)7-14(6-11)21-13-2-1-5-17-8-13/h1-2,5,8-12,14H,3-4,6-7H2. The van der Waals surface area contributed by atoms with Crippen molar-refractivity contribution in [1.82, 2.24) is 14.9 Å². The minimum Gasteiger partial charge on any atom is -0.489 e. The predicted octanol–water partition coefficient (Wildman–Crippen LogP) is 2.75. The van der Waals surface area contributed by atoms with E-state index in [9.17, 15) is 4.79 Å². The van der Waals surface area contributed by atoms with Gasteiger partial charge in [0.1, 0.15) is 17.5 Å². The molecule has 0 aliphatic carbocycles. The fraction of sp³-hybridized carbons (Fsp3) is 0.438. The minimum atomic E-state index is 0.0774. The lowest BCUT2D eigenvalue weighted by atomic mass is 9.99. The number of pyridine rings is 1. The largest absolute Gasteiger partial charge is 0.489 e. The van der Waals surface area contributed by atoms with Gasteiger partial charge >= 0.3 is 0 Å². The average Bonchev–Trinajstić information content (AvgIpc) is 3.15. The van der Waals surface area contributed by atoms with Crippen LogP contribution in [0.15, 0.2) is 35.4 Å². The fourth-order valence-electron chi connectivity index (χ4n) is 3.61. The second-order valence-corrected chi connectivity index (χ2v) is 6.59. The quantitative estimate of drug-likeness (QED) is 0.874. The van der Waals surface area contributed by atoms with Crippen LogP contribution in [0.1, 0.15) is 36.2 Å². The normalized spacial score (nSPS) is 26.9. The molecule has 1 amide bonds. The minimum absolute atomic E-state index is 0.0774. The first-order valence-electron chi connectivity index (χ1n) is 7.59. The van der Waals surface area contributed by atoms with E-state index in [0.717, 1.165) is 31.4 Å². The summed E-state index contributed by atoms with van der Waals surface area (Å²) < 4.78 is 6.04. The zero-order valence-electron chi connectivity index (χ0n) is 12.1. The van der Waals surface area contributed by atoms with E-state index in [1.807, 2.05) is 22.4 Å². The first kappa shape index (κ1) is 13.7.